The van der Waals surface area contributed by atoms with Crippen molar-refractivity contribution in [2.45, 2.75) is 84.2 Å². The third-order valence-electron chi connectivity index (χ3n) is 5.48. The predicted molar refractivity (Wildman–Crippen MR) is 88.1 cm³/mol. The van der Waals surface area contributed by atoms with Crippen LogP contribution in [0.1, 0.15) is 72.1 Å². The summed E-state index contributed by atoms with van der Waals surface area (Å²) in [7, 11) is 0. The van der Waals surface area contributed by atoms with Gasteiger partial charge in [0.15, 0.2) is 0 Å². The molecule has 2 nitrogen and oxygen atoms in total. The van der Waals surface area contributed by atoms with E-state index >= 15 is 0 Å². The van der Waals surface area contributed by atoms with Crippen LogP contribution >= 0.6 is 0 Å². The highest BCUT2D eigenvalue weighted by molar-refractivity contribution is 4.90. The molecular weight excluding hydrogens is 244 g/mol. The summed E-state index contributed by atoms with van der Waals surface area (Å²) in [6, 6.07) is 1.55. The third-order valence-corrected chi connectivity index (χ3v) is 5.48. The monoisotopic (exact) mass is 280 g/mol. The van der Waals surface area contributed by atoms with Gasteiger partial charge in [-0.05, 0) is 50.5 Å². The molecule has 1 saturated carbocycles. The van der Waals surface area contributed by atoms with Gasteiger partial charge < -0.3 is 5.32 Å². The number of piperazine rings is 1. The summed E-state index contributed by atoms with van der Waals surface area (Å²) in [4.78, 5) is 2.80. The van der Waals surface area contributed by atoms with Gasteiger partial charge >= 0.3 is 0 Å². The Hall–Kier alpha value is -0.0800. The molecule has 1 aliphatic heterocycles. The van der Waals surface area contributed by atoms with Crippen LogP contribution in [0.25, 0.3) is 0 Å². The summed E-state index contributed by atoms with van der Waals surface area (Å²) in [5, 5.41) is 3.88. The first kappa shape index (κ1) is 16.3. The quantitative estimate of drug-likeness (QED) is 0.789. The molecule has 1 N–H and O–H groups in total. The molecule has 0 bridgehead atoms. The standard InChI is InChI=1S/C18H36N2/c1-4-17-13-19-18(16-10-6-5-7-11-16)14-20(17)12-8-9-15(2)3/h15-19H,4-14H2,1-3H3. The Morgan fingerprint density at radius 2 is 1.90 bits per heavy atom. The predicted octanol–water partition coefficient (Wildman–Crippen LogP) is 4.06. The lowest BCUT2D eigenvalue weighted by atomic mass is 9.82. The van der Waals surface area contributed by atoms with Gasteiger partial charge in [0.2, 0.25) is 0 Å². The maximum Gasteiger partial charge on any atom is 0.0224 e. The molecule has 2 heteroatoms. The van der Waals surface area contributed by atoms with Crippen molar-refractivity contribution in [2.75, 3.05) is 19.6 Å². The van der Waals surface area contributed by atoms with Crippen molar-refractivity contribution in [3.8, 4) is 0 Å². The van der Waals surface area contributed by atoms with Crippen molar-refractivity contribution in [2.24, 2.45) is 11.8 Å². The van der Waals surface area contributed by atoms with Crippen molar-refractivity contribution in [3.05, 3.63) is 0 Å². The molecule has 0 aromatic heterocycles. The molecular formula is C18H36N2. The molecule has 0 aromatic carbocycles. The number of nitrogens with zero attached hydrogens (tertiary/aromatic N) is 1. The molecule has 2 unspecified atom stereocenters. The molecule has 0 amide bonds. The fraction of sp³-hybridized carbons (Fsp3) is 1.00. The number of rotatable bonds is 6. The average molecular weight is 280 g/mol. The van der Waals surface area contributed by atoms with Crippen LogP contribution in [0, 0.1) is 11.8 Å². The molecule has 1 heterocycles. The minimum atomic E-state index is 0.775. The first-order valence-electron chi connectivity index (χ1n) is 9.18. The van der Waals surface area contributed by atoms with Crippen molar-refractivity contribution in [1.82, 2.24) is 10.2 Å². The summed E-state index contributed by atoms with van der Waals surface area (Å²) >= 11 is 0. The zero-order valence-corrected chi connectivity index (χ0v) is 14.0. The van der Waals surface area contributed by atoms with Crippen LogP contribution in [-0.4, -0.2) is 36.6 Å². The van der Waals surface area contributed by atoms with Gasteiger partial charge in [0, 0.05) is 25.2 Å². The van der Waals surface area contributed by atoms with E-state index in [0.717, 1.165) is 23.9 Å². The lowest BCUT2D eigenvalue weighted by molar-refractivity contribution is 0.0911. The van der Waals surface area contributed by atoms with Gasteiger partial charge in [-0.1, -0.05) is 40.0 Å². The molecule has 118 valence electrons. The zero-order valence-electron chi connectivity index (χ0n) is 14.0. The second-order valence-corrected chi connectivity index (χ2v) is 7.51. The second-order valence-electron chi connectivity index (χ2n) is 7.51. The smallest absolute Gasteiger partial charge is 0.0224 e. The molecule has 2 rings (SSSR count). The van der Waals surface area contributed by atoms with E-state index in [1.54, 1.807) is 0 Å². The minimum Gasteiger partial charge on any atom is -0.311 e. The second kappa shape index (κ2) is 8.38. The van der Waals surface area contributed by atoms with Crippen LogP contribution < -0.4 is 5.32 Å². The summed E-state index contributed by atoms with van der Waals surface area (Å²) in [6.07, 6.45) is 11.4. The molecule has 2 atom stereocenters. The number of nitrogens with one attached hydrogen (secondary N) is 1. The summed E-state index contributed by atoms with van der Waals surface area (Å²) in [5.41, 5.74) is 0. The summed E-state index contributed by atoms with van der Waals surface area (Å²) in [5.74, 6) is 1.81. The molecule has 1 aliphatic carbocycles. The molecule has 2 aliphatic rings. The molecule has 2 fully saturated rings. The van der Waals surface area contributed by atoms with Crippen molar-refractivity contribution in [1.29, 1.82) is 0 Å². The van der Waals surface area contributed by atoms with E-state index in [4.69, 9.17) is 0 Å². The van der Waals surface area contributed by atoms with E-state index in [0.29, 0.717) is 0 Å². The van der Waals surface area contributed by atoms with Gasteiger partial charge in [-0.3, -0.25) is 4.90 Å². The summed E-state index contributed by atoms with van der Waals surface area (Å²) < 4.78 is 0. The Bertz CT molecular complexity index is 258. The summed E-state index contributed by atoms with van der Waals surface area (Å²) in [6.45, 7) is 10.9. The lowest BCUT2D eigenvalue weighted by Crippen LogP contribution is -2.58. The molecule has 0 aromatic rings. The van der Waals surface area contributed by atoms with Gasteiger partial charge in [0.25, 0.3) is 0 Å². The molecule has 20 heavy (non-hydrogen) atoms. The Kier molecular flexibility index (Phi) is 6.83. The van der Waals surface area contributed by atoms with Gasteiger partial charge in [-0.25, -0.2) is 0 Å². The van der Waals surface area contributed by atoms with Crippen molar-refractivity contribution < 1.29 is 0 Å². The first-order chi connectivity index (χ1) is 9.70. The minimum absolute atomic E-state index is 0.775. The Labute approximate surface area is 126 Å². The largest absolute Gasteiger partial charge is 0.311 e. The number of hydrogen-bond acceptors (Lipinski definition) is 2. The molecule has 0 spiro atoms. The highest BCUT2D eigenvalue weighted by Crippen LogP contribution is 2.28. The zero-order chi connectivity index (χ0) is 14.4. The van der Waals surface area contributed by atoms with Gasteiger partial charge in [0.05, 0.1) is 0 Å². The molecule has 0 radical (unpaired) electrons. The van der Waals surface area contributed by atoms with Gasteiger partial charge in [0.1, 0.15) is 0 Å². The van der Waals surface area contributed by atoms with E-state index in [2.05, 4.69) is 31.0 Å². The van der Waals surface area contributed by atoms with Crippen LogP contribution in [-0.2, 0) is 0 Å². The molecule has 1 saturated heterocycles. The van der Waals surface area contributed by atoms with Crippen LogP contribution in [0.2, 0.25) is 0 Å². The normalized spacial score (nSPS) is 30.0. The van der Waals surface area contributed by atoms with Gasteiger partial charge in [-0.2, -0.15) is 0 Å². The van der Waals surface area contributed by atoms with Crippen LogP contribution in [0.4, 0.5) is 0 Å². The van der Waals surface area contributed by atoms with Crippen molar-refractivity contribution >= 4 is 0 Å². The van der Waals surface area contributed by atoms with Crippen LogP contribution in [0.15, 0.2) is 0 Å². The first-order valence-corrected chi connectivity index (χ1v) is 9.18. The topological polar surface area (TPSA) is 15.3 Å². The highest BCUT2D eigenvalue weighted by atomic mass is 15.2. The fourth-order valence-electron chi connectivity index (χ4n) is 4.11. The SMILES string of the molecule is CCC1CNC(C2CCCCC2)CN1CCCC(C)C. The third kappa shape index (κ3) is 4.73. The maximum absolute atomic E-state index is 3.88. The Morgan fingerprint density at radius 1 is 1.15 bits per heavy atom. The van der Waals surface area contributed by atoms with E-state index in [9.17, 15) is 0 Å². The van der Waals surface area contributed by atoms with Crippen LogP contribution in [0.5, 0.6) is 0 Å². The fourth-order valence-corrected chi connectivity index (χ4v) is 4.11. The van der Waals surface area contributed by atoms with Crippen molar-refractivity contribution in [3.63, 3.8) is 0 Å². The number of hydrogen-bond donors (Lipinski definition) is 1. The Morgan fingerprint density at radius 3 is 2.55 bits per heavy atom. The maximum atomic E-state index is 3.88. The van der Waals surface area contributed by atoms with E-state index in [1.807, 2.05) is 0 Å². The van der Waals surface area contributed by atoms with Gasteiger partial charge in [-0.15, -0.1) is 0 Å². The van der Waals surface area contributed by atoms with E-state index in [-0.39, 0.29) is 0 Å². The van der Waals surface area contributed by atoms with Crippen LogP contribution in [0.3, 0.4) is 0 Å². The van der Waals surface area contributed by atoms with E-state index in [1.165, 1.54) is 71.0 Å². The average Bonchev–Trinajstić information content (AvgIpc) is 2.47. The Balaban J connectivity index is 1.82. The highest BCUT2D eigenvalue weighted by Gasteiger charge is 2.31. The lowest BCUT2D eigenvalue weighted by Gasteiger charge is -2.44. The van der Waals surface area contributed by atoms with E-state index < -0.39 is 0 Å².